The van der Waals surface area contributed by atoms with Crippen molar-refractivity contribution in [3.8, 4) is 0 Å². The van der Waals surface area contributed by atoms with Crippen molar-refractivity contribution in [3.05, 3.63) is 30.1 Å². The van der Waals surface area contributed by atoms with Gasteiger partial charge in [-0.1, -0.05) is 0 Å². The lowest BCUT2D eigenvalue weighted by Gasteiger charge is -2.49. The quantitative estimate of drug-likeness (QED) is 0.726. The fraction of sp³-hybridized carbons (Fsp3) is 0.667. The number of quaternary nitrogens is 1. The Morgan fingerprint density at radius 3 is 2.35 bits per heavy atom. The van der Waals surface area contributed by atoms with Gasteiger partial charge in [0.2, 0.25) is 0 Å². The normalized spacial score (nSPS) is 31.6. The molecule has 1 aromatic rings. The van der Waals surface area contributed by atoms with Gasteiger partial charge in [-0.15, -0.1) is 0 Å². The van der Waals surface area contributed by atoms with Crippen LogP contribution in [0.5, 0.6) is 0 Å². The van der Waals surface area contributed by atoms with Crippen molar-refractivity contribution >= 4 is 0 Å². The molecular weight excluding hydrogens is 208 g/mol. The number of rotatable bonds is 4. The SMILES string of the molecule is c1cc(CCC[N+]23CCC(CC2)CC3)ccn1. The summed E-state index contributed by atoms with van der Waals surface area (Å²) in [6.45, 7) is 5.78. The van der Waals surface area contributed by atoms with Gasteiger partial charge in [-0.3, -0.25) is 4.98 Å². The molecule has 0 N–H and O–H groups in total. The summed E-state index contributed by atoms with van der Waals surface area (Å²) in [4.78, 5) is 4.08. The van der Waals surface area contributed by atoms with E-state index in [1.807, 2.05) is 12.4 Å². The average molecular weight is 231 g/mol. The maximum atomic E-state index is 4.08. The van der Waals surface area contributed by atoms with E-state index in [4.69, 9.17) is 0 Å². The van der Waals surface area contributed by atoms with Crippen LogP contribution in [-0.4, -0.2) is 35.6 Å². The van der Waals surface area contributed by atoms with Crippen LogP contribution >= 0.6 is 0 Å². The van der Waals surface area contributed by atoms with E-state index in [2.05, 4.69) is 17.1 Å². The summed E-state index contributed by atoms with van der Waals surface area (Å²) < 4.78 is 1.43. The molecule has 2 bridgehead atoms. The van der Waals surface area contributed by atoms with Gasteiger partial charge in [0.1, 0.15) is 0 Å². The Balaban J connectivity index is 1.51. The third kappa shape index (κ3) is 2.52. The van der Waals surface area contributed by atoms with Gasteiger partial charge in [0.25, 0.3) is 0 Å². The zero-order valence-corrected chi connectivity index (χ0v) is 10.6. The van der Waals surface area contributed by atoms with Crippen LogP contribution < -0.4 is 0 Å². The van der Waals surface area contributed by atoms with Gasteiger partial charge < -0.3 is 4.48 Å². The minimum absolute atomic E-state index is 1.08. The van der Waals surface area contributed by atoms with E-state index in [0.717, 1.165) is 5.92 Å². The molecule has 0 amide bonds. The first-order valence-electron chi connectivity index (χ1n) is 7.10. The Morgan fingerprint density at radius 1 is 1.06 bits per heavy atom. The molecule has 2 nitrogen and oxygen atoms in total. The highest BCUT2D eigenvalue weighted by Crippen LogP contribution is 2.33. The summed E-state index contributed by atoms with van der Waals surface area (Å²) in [5.74, 6) is 1.08. The molecule has 0 unspecified atom stereocenters. The molecule has 3 saturated heterocycles. The number of hydrogen-bond donors (Lipinski definition) is 0. The molecular formula is C15H23N2+. The van der Waals surface area contributed by atoms with Gasteiger partial charge in [-0.2, -0.15) is 0 Å². The summed E-state index contributed by atoms with van der Waals surface area (Å²) >= 11 is 0. The van der Waals surface area contributed by atoms with Crippen molar-refractivity contribution in [1.29, 1.82) is 0 Å². The average Bonchev–Trinajstić information content (AvgIpc) is 2.42. The highest BCUT2D eigenvalue weighted by Gasteiger charge is 2.38. The molecule has 0 spiro atoms. The van der Waals surface area contributed by atoms with E-state index in [1.54, 1.807) is 0 Å². The fourth-order valence-electron chi connectivity index (χ4n) is 3.64. The van der Waals surface area contributed by atoms with E-state index in [9.17, 15) is 0 Å². The minimum atomic E-state index is 1.08. The van der Waals surface area contributed by atoms with Crippen molar-refractivity contribution in [2.75, 3.05) is 26.2 Å². The molecule has 0 atom stereocenters. The molecule has 3 aliphatic rings. The van der Waals surface area contributed by atoms with Gasteiger partial charge in [0.15, 0.2) is 0 Å². The maximum absolute atomic E-state index is 4.08. The highest BCUT2D eigenvalue weighted by molar-refractivity contribution is 5.09. The molecule has 0 aromatic carbocycles. The first kappa shape index (κ1) is 11.2. The predicted octanol–water partition coefficient (Wildman–Crippen LogP) is 2.64. The van der Waals surface area contributed by atoms with Gasteiger partial charge >= 0.3 is 0 Å². The van der Waals surface area contributed by atoms with Crippen molar-refractivity contribution in [2.24, 2.45) is 5.92 Å². The molecule has 3 fully saturated rings. The summed E-state index contributed by atoms with van der Waals surface area (Å²) in [6.07, 6.45) is 10.9. The van der Waals surface area contributed by atoms with E-state index in [-0.39, 0.29) is 0 Å². The van der Waals surface area contributed by atoms with Crippen molar-refractivity contribution in [1.82, 2.24) is 4.98 Å². The van der Waals surface area contributed by atoms with E-state index in [1.165, 1.54) is 68.3 Å². The first-order valence-corrected chi connectivity index (χ1v) is 7.10. The lowest BCUT2D eigenvalue weighted by atomic mass is 9.85. The largest absolute Gasteiger partial charge is 0.324 e. The Labute approximate surface area is 104 Å². The molecule has 3 aliphatic heterocycles. The number of hydrogen-bond acceptors (Lipinski definition) is 1. The molecule has 0 aliphatic carbocycles. The van der Waals surface area contributed by atoms with Gasteiger partial charge in [-0.25, -0.2) is 0 Å². The number of piperidine rings is 3. The second-order valence-corrected chi connectivity index (χ2v) is 5.93. The Morgan fingerprint density at radius 2 is 1.71 bits per heavy atom. The Bertz CT molecular complexity index is 339. The summed E-state index contributed by atoms with van der Waals surface area (Å²) in [5.41, 5.74) is 1.45. The van der Waals surface area contributed by atoms with Gasteiger partial charge in [-0.05, 0) is 49.3 Å². The molecule has 1 aromatic heterocycles. The summed E-state index contributed by atoms with van der Waals surface area (Å²) in [7, 11) is 0. The van der Waals surface area contributed by atoms with Gasteiger partial charge in [0.05, 0.1) is 26.2 Å². The van der Waals surface area contributed by atoms with Crippen LogP contribution in [0, 0.1) is 5.92 Å². The maximum Gasteiger partial charge on any atom is 0.0789 e. The number of fused-ring (bicyclic) bond motifs is 3. The monoisotopic (exact) mass is 231 g/mol. The topological polar surface area (TPSA) is 12.9 Å². The van der Waals surface area contributed by atoms with Crippen LogP contribution in [0.4, 0.5) is 0 Å². The molecule has 92 valence electrons. The van der Waals surface area contributed by atoms with Crippen molar-refractivity contribution in [2.45, 2.75) is 32.1 Å². The van der Waals surface area contributed by atoms with Gasteiger partial charge in [0, 0.05) is 18.8 Å². The predicted molar refractivity (Wildman–Crippen MR) is 69.6 cm³/mol. The number of nitrogens with zero attached hydrogens (tertiary/aromatic N) is 2. The Kier molecular flexibility index (Phi) is 3.15. The zero-order chi connectivity index (χ0) is 11.6. The molecule has 17 heavy (non-hydrogen) atoms. The smallest absolute Gasteiger partial charge is 0.0789 e. The van der Waals surface area contributed by atoms with Crippen LogP contribution in [0.1, 0.15) is 31.2 Å². The molecule has 2 heteroatoms. The fourth-order valence-corrected chi connectivity index (χ4v) is 3.64. The molecule has 4 heterocycles. The lowest BCUT2D eigenvalue weighted by Crippen LogP contribution is -2.58. The number of aromatic nitrogens is 1. The van der Waals surface area contributed by atoms with Crippen LogP contribution in [0.2, 0.25) is 0 Å². The lowest BCUT2D eigenvalue weighted by molar-refractivity contribution is -0.942. The second-order valence-electron chi connectivity index (χ2n) is 5.93. The van der Waals surface area contributed by atoms with Crippen LogP contribution in [0.25, 0.3) is 0 Å². The highest BCUT2D eigenvalue weighted by atomic mass is 15.4. The third-order valence-corrected chi connectivity index (χ3v) is 4.88. The third-order valence-electron chi connectivity index (χ3n) is 4.88. The second kappa shape index (κ2) is 4.77. The van der Waals surface area contributed by atoms with Crippen molar-refractivity contribution in [3.63, 3.8) is 0 Å². The van der Waals surface area contributed by atoms with Crippen molar-refractivity contribution < 1.29 is 4.48 Å². The van der Waals surface area contributed by atoms with E-state index >= 15 is 0 Å². The first-order chi connectivity index (χ1) is 8.36. The van der Waals surface area contributed by atoms with Crippen LogP contribution in [0.3, 0.4) is 0 Å². The number of aryl methyl sites for hydroxylation is 1. The number of pyridine rings is 1. The summed E-state index contributed by atoms with van der Waals surface area (Å²) in [5, 5.41) is 0. The zero-order valence-electron chi connectivity index (χ0n) is 10.6. The summed E-state index contributed by atoms with van der Waals surface area (Å²) in [6, 6.07) is 4.31. The van der Waals surface area contributed by atoms with E-state index < -0.39 is 0 Å². The minimum Gasteiger partial charge on any atom is -0.324 e. The van der Waals surface area contributed by atoms with E-state index in [0.29, 0.717) is 0 Å². The molecule has 0 radical (unpaired) electrons. The molecule has 0 saturated carbocycles. The van der Waals surface area contributed by atoms with Crippen LogP contribution in [-0.2, 0) is 6.42 Å². The molecule has 4 rings (SSSR count). The standard InChI is InChI=1S/C15H23N2/c1(2-14-3-8-16-9-4-14)10-17-11-5-15(6-12-17)7-13-17/h3-4,8-9,15H,1-2,5-7,10-13H2/q+1. The Hall–Kier alpha value is -0.890. The van der Waals surface area contributed by atoms with Crippen LogP contribution in [0.15, 0.2) is 24.5 Å².